The molecule has 3 aromatic rings. The molecule has 0 spiro atoms. The van der Waals surface area contributed by atoms with E-state index in [1.165, 1.54) is 0 Å². The van der Waals surface area contributed by atoms with Crippen molar-refractivity contribution in [3.8, 4) is 0 Å². The average molecular weight is 330 g/mol. The van der Waals surface area contributed by atoms with Gasteiger partial charge in [0.1, 0.15) is 0 Å². The number of rotatable bonds is 4. The summed E-state index contributed by atoms with van der Waals surface area (Å²) in [6, 6.07) is 14.3. The van der Waals surface area contributed by atoms with Crippen LogP contribution < -0.4 is 11.1 Å². The molecule has 20 heavy (non-hydrogen) atoms. The Morgan fingerprint density at radius 2 is 1.75 bits per heavy atom. The van der Waals surface area contributed by atoms with E-state index in [2.05, 4.69) is 45.5 Å². The number of anilines is 2. The first-order valence-electron chi connectivity index (χ1n) is 6.66. The number of fused-ring (bicyclic) bond motifs is 2. The molecule has 3 N–H and O–H groups in total. The summed E-state index contributed by atoms with van der Waals surface area (Å²) in [5.74, 6) is 0. The number of hydrogen-bond donors (Lipinski definition) is 2. The molecule has 0 aliphatic carbocycles. The Morgan fingerprint density at radius 3 is 2.55 bits per heavy atom. The van der Waals surface area contributed by atoms with E-state index in [-0.39, 0.29) is 0 Å². The van der Waals surface area contributed by atoms with E-state index in [1.807, 2.05) is 18.2 Å². The molecule has 1 heterocycles. The Kier molecular flexibility index (Phi) is 3.74. The van der Waals surface area contributed by atoms with Crippen LogP contribution in [0.5, 0.6) is 0 Å². The first-order valence-corrected chi connectivity index (χ1v) is 7.78. The van der Waals surface area contributed by atoms with Gasteiger partial charge >= 0.3 is 0 Å². The predicted molar refractivity (Wildman–Crippen MR) is 90.6 cm³/mol. The smallest absolute Gasteiger partial charge is 0.0730 e. The maximum atomic E-state index is 5.82. The molecular weight excluding hydrogens is 314 g/mol. The third-order valence-corrected chi connectivity index (χ3v) is 3.84. The normalized spacial score (nSPS) is 11.1. The van der Waals surface area contributed by atoms with Crippen LogP contribution in [0.4, 0.5) is 11.4 Å². The van der Waals surface area contributed by atoms with Crippen LogP contribution in [0.25, 0.3) is 21.8 Å². The molecule has 0 saturated carbocycles. The molecule has 0 unspecified atom stereocenters. The lowest BCUT2D eigenvalue weighted by Gasteiger charge is -2.07. The van der Waals surface area contributed by atoms with E-state index < -0.39 is 0 Å². The lowest BCUT2D eigenvalue weighted by Crippen LogP contribution is -2.01. The summed E-state index contributed by atoms with van der Waals surface area (Å²) in [4.78, 5) is 4.70. The number of alkyl halides is 1. The molecule has 102 valence electrons. The third-order valence-electron chi connectivity index (χ3n) is 3.28. The quantitative estimate of drug-likeness (QED) is 0.327. The number of nitrogens with two attached hydrogens (primary N) is 1. The van der Waals surface area contributed by atoms with Gasteiger partial charge in [0.15, 0.2) is 0 Å². The zero-order valence-electron chi connectivity index (χ0n) is 11.1. The maximum Gasteiger partial charge on any atom is 0.0730 e. The molecule has 4 heteroatoms. The van der Waals surface area contributed by atoms with Gasteiger partial charge in [0.05, 0.1) is 11.0 Å². The van der Waals surface area contributed by atoms with Gasteiger partial charge in [-0.1, -0.05) is 28.1 Å². The summed E-state index contributed by atoms with van der Waals surface area (Å²) in [5.41, 5.74) is 9.61. The molecule has 1 aromatic heterocycles. The highest BCUT2D eigenvalue weighted by Crippen LogP contribution is 2.23. The Morgan fingerprint density at radius 1 is 1.00 bits per heavy atom. The van der Waals surface area contributed by atoms with Gasteiger partial charge in [-0.05, 0) is 36.8 Å². The van der Waals surface area contributed by atoms with Crippen LogP contribution in [0, 0.1) is 0 Å². The van der Waals surface area contributed by atoms with Crippen LogP contribution in [0.1, 0.15) is 6.42 Å². The topological polar surface area (TPSA) is 50.9 Å². The number of nitrogens with zero attached hydrogens (tertiary/aromatic N) is 1. The molecule has 0 saturated heterocycles. The molecular formula is C16H16BrN3. The van der Waals surface area contributed by atoms with Crippen LogP contribution in [0.2, 0.25) is 0 Å². The van der Waals surface area contributed by atoms with Crippen LogP contribution in [0.3, 0.4) is 0 Å². The van der Waals surface area contributed by atoms with Crippen molar-refractivity contribution in [1.29, 1.82) is 0 Å². The van der Waals surface area contributed by atoms with E-state index >= 15 is 0 Å². The Labute approximate surface area is 126 Å². The third kappa shape index (κ3) is 2.70. The average Bonchev–Trinajstić information content (AvgIpc) is 2.45. The standard InChI is InChI=1S/C16H16BrN3/c17-6-1-7-19-14-5-3-12-8-11-2-4-13(18)9-15(11)20-16(12)10-14/h2-5,8-10,19H,1,6-7,18H2. The largest absolute Gasteiger partial charge is 0.399 e. The zero-order chi connectivity index (χ0) is 13.9. The number of benzene rings is 2. The molecule has 0 aliphatic heterocycles. The van der Waals surface area contributed by atoms with Crippen molar-refractivity contribution in [1.82, 2.24) is 4.98 Å². The molecule has 0 fully saturated rings. The van der Waals surface area contributed by atoms with E-state index in [0.717, 1.165) is 51.5 Å². The van der Waals surface area contributed by atoms with E-state index in [0.29, 0.717) is 0 Å². The number of aromatic nitrogens is 1. The van der Waals surface area contributed by atoms with Crippen molar-refractivity contribution in [2.75, 3.05) is 22.9 Å². The minimum Gasteiger partial charge on any atom is -0.399 e. The summed E-state index contributed by atoms with van der Waals surface area (Å²) in [6.07, 6.45) is 1.10. The Balaban J connectivity index is 2.01. The fraction of sp³-hybridized carbons (Fsp3) is 0.188. The number of halogens is 1. The summed E-state index contributed by atoms with van der Waals surface area (Å²) in [7, 11) is 0. The summed E-state index contributed by atoms with van der Waals surface area (Å²) < 4.78 is 0. The highest BCUT2D eigenvalue weighted by atomic mass is 79.9. The molecule has 0 atom stereocenters. The number of hydrogen-bond acceptors (Lipinski definition) is 3. The second-order valence-electron chi connectivity index (χ2n) is 4.82. The molecule has 3 nitrogen and oxygen atoms in total. The first kappa shape index (κ1) is 13.2. The maximum absolute atomic E-state index is 5.82. The van der Waals surface area contributed by atoms with Crippen molar-refractivity contribution >= 4 is 49.1 Å². The van der Waals surface area contributed by atoms with Gasteiger partial charge in [0.25, 0.3) is 0 Å². The second-order valence-corrected chi connectivity index (χ2v) is 5.61. The second kappa shape index (κ2) is 5.67. The van der Waals surface area contributed by atoms with Gasteiger partial charge in [-0.15, -0.1) is 0 Å². The highest BCUT2D eigenvalue weighted by Gasteiger charge is 2.02. The van der Waals surface area contributed by atoms with Crippen molar-refractivity contribution in [2.45, 2.75) is 6.42 Å². The first-order chi connectivity index (χ1) is 9.76. The van der Waals surface area contributed by atoms with Gasteiger partial charge in [-0.25, -0.2) is 4.98 Å². The molecule has 0 radical (unpaired) electrons. The van der Waals surface area contributed by atoms with Crippen LogP contribution in [0.15, 0.2) is 42.5 Å². The van der Waals surface area contributed by atoms with Crippen LogP contribution >= 0.6 is 15.9 Å². The molecule has 0 amide bonds. The van der Waals surface area contributed by atoms with Gasteiger partial charge < -0.3 is 11.1 Å². The van der Waals surface area contributed by atoms with Crippen LogP contribution in [-0.2, 0) is 0 Å². The number of pyridine rings is 1. The van der Waals surface area contributed by atoms with Gasteiger partial charge in [0, 0.05) is 34.0 Å². The minimum atomic E-state index is 0.746. The van der Waals surface area contributed by atoms with Crippen LogP contribution in [-0.4, -0.2) is 16.9 Å². The molecule has 2 aromatic carbocycles. The Bertz CT molecular complexity index is 755. The van der Waals surface area contributed by atoms with Crippen molar-refractivity contribution in [3.63, 3.8) is 0 Å². The fourth-order valence-electron chi connectivity index (χ4n) is 2.25. The predicted octanol–water partition coefficient (Wildman–Crippen LogP) is 4.17. The van der Waals surface area contributed by atoms with Gasteiger partial charge in [-0.2, -0.15) is 0 Å². The molecule has 0 bridgehead atoms. The van der Waals surface area contributed by atoms with Crippen molar-refractivity contribution in [2.24, 2.45) is 0 Å². The SMILES string of the molecule is Nc1ccc2cc3ccc(NCCCBr)cc3nc2c1. The molecule has 0 aliphatic rings. The summed E-state index contributed by atoms with van der Waals surface area (Å²) in [6.45, 7) is 0.956. The van der Waals surface area contributed by atoms with E-state index in [1.54, 1.807) is 0 Å². The van der Waals surface area contributed by atoms with Crippen molar-refractivity contribution in [3.05, 3.63) is 42.5 Å². The molecule has 3 rings (SSSR count). The zero-order valence-corrected chi connectivity index (χ0v) is 12.7. The lowest BCUT2D eigenvalue weighted by molar-refractivity contribution is 1.000. The lowest BCUT2D eigenvalue weighted by atomic mass is 10.1. The monoisotopic (exact) mass is 329 g/mol. The number of nitrogen functional groups attached to an aromatic ring is 1. The number of nitrogens with one attached hydrogen (secondary N) is 1. The van der Waals surface area contributed by atoms with Gasteiger partial charge in [0.2, 0.25) is 0 Å². The van der Waals surface area contributed by atoms with E-state index in [9.17, 15) is 0 Å². The minimum absolute atomic E-state index is 0.746. The Hall–Kier alpha value is -1.81. The fourth-order valence-corrected chi connectivity index (χ4v) is 2.53. The highest BCUT2D eigenvalue weighted by molar-refractivity contribution is 9.09. The summed E-state index contributed by atoms with van der Waals surface area (Å²) >= 11 is 3.43. The van der Waals surface area contributed by atoms with Crippen molar-refractivity contribution < 1.29 is 0 Å². The van der Waals surface area contributed by atoms with E-state index in [4.69, 9.17) is 10.7 Å². The van der Waals surface area contributed by atoms with Gasteiger partial charge in [-0.3, -0.25) is 0 Å². The summed E-state index contributed by atoms with van der Waals surface area (Å²) in [5, 5.41) is 6.68.